The van der Waals surface area contributed by atoms with Crippen LogP contribution in [-0.4, -0.2) is 53.0 Å². The summed E-state index contributed by atoms with van der Waals surface area (Å²) in [5.74, 6) is 0.906. The van der Waals surface area contributed by atoms with Crippen LogP contribution in [0, 0.1) is 22.7 Å². The van der Waals surface area contributed by atoms with Crippen molar-refractivity contribution in [3.05, 3.63) is 52.4 Å². The van der Waals surface area contributed by atoms with Crippen molar-refractivity contribution < 1.29 is 4.79 Å². The summed E-state index contributed by atoms with van der Waals surface area (Å²) in [4.78, 5) is 24.5. The molecule has 2 aliphatic carbocycles. The molecule has 0 unspecified atom stereocenters. The van der Waals surface area contributed by atoms with E-state index in [9.17, 15) is 10.1 Å². The van der Waals surface area contributed by atoms with Crippen LogP contribution in [0.2, 0.25) is 5.02 Å². The van der Waals surface area contributed by atoms with Crippen LogP contribution in [0.1, 0.15) is 73.1 Å². The maximum atomic E-state index is 13.7. The fraction of sp³-hybridized carbons (Fsp3) is 0.571. The Morgan fingerprint density at radius 1 is 1.14 bits per heavy atom. The molecule has 1 spiro atoms. The lowest BCUT2D eigenvalue weighted by Crippen LogP contribution is -2.56. The molecule has 1 amide bonds. The van der Waals surface area contributed by atoms with Crippen molar-refractivity contribution in [2.45, 2.75) is 63.3 Å². The second-order valence-electron chi connectivity index (χ2n) is 11.2. The van der Waals surface area contributed by atoms with Crippen LogP contribution in [-0.2, 0) is 6.42 Å². The van der Waals surface area contributed by atoms with Crippen molar-refractivity contribution >= 4 is 23.3 Å². The fourth-order valence-corrected chi connectivity index (χ4v) is 5.97. The zero-order chi connectivity index (χ0) is 25.2. The van der Waals surface area contributed by atoms with Crippen molar-refractivity contribution in [2.24, 2.45) is 11.3 Å². The zero-order valence-electron chi connectivity index (χ0n) is 21.0. The number of halogens is 1. The zero-order valence-corrected chi connectivity index (χ0v) is 21.8. The first-order valence-corrected chi connectivity index (χ1v) is 13.5. The Morgan fingerprint density at radius 3 is 2.47 bits per heavy atom. The van der Waals surface area contributed by atoms with Crippen LogP contribution in [0.5, 0.6) is 0 Å². The molecule has 190 valence electrons. The Balaban J connectivity index is 1.32. The molecule has 3 fully saturated rings. The minimum absolute atomic E-state index is 0.0739. The lowest BCUT2D eigenvalue weighted by atomic mass is 9.80. The third kappa shape index (κ3) is 5.82. The van der Waals surface area contributed by atoms with Gasteiger partial charge in [-0.05, 0) is 93.9 Å². The molecular weight excluding hydrogens is 472 g/mol. The van der Waals surface area contributed by atoms with Crippen LogP contribution >= 0.6 is 11.6 Å². The summed E-state index contributed by atoms with van der Waals surface area (Å²) in [6, 6.07) is 9.87. The predicted octanol–water partition coefficient (Wildman–Crippen LogP) is 4.82. The van der Waals surface area contributed by atoms with Gasteiger partial charge in [-0.3, -0.25) is 4.79 Å². The Morgan fingerprint density at radius 2 is 1.83 bits per heavy atom. The molecule has 8 heteroatoms. The molecule has 36 heavy (non-hydrogen) atoms. The largest absolute Gasteiger partial charge is 0.369 e. The van der Waals surface area contributed by atoms with E-state index < -0.39 is 0 Å². The number of carbonyl (C=O) groups is 1. The second kappa shape index (κ2) is 10.4. The van der Waals surface area contributed by atoms with Gasteiger partial charge in [0.2, 0.25) is 5.82 Å². The second-order valence-corrected chi connectivity index (χ2v) is 11.7. The Kier molecular flexibility index (Phi) is 7.18. The molecule has 0 radical (unpaired) electrons. The summed E-state index contributed by atoms with van der Waals surface area (Å²) in [5.41, 5.74) is 1.82. The minimum atomic E-state index is -0.370. The number of amides is 1. The first-order valence-electron chi connectivity index (χ1n) is 13.1. The van der Waals surface area contributed by atoms with Crippen molar-refractivity contribution in [3.63, 3.8) is 0 Å². The van der Waals surface area contributed by atoms with Gasteiger partial charge in [0.05, 0.1) is 0 Å². The molecule has 0 bridgehead atoms. The number of aromatic nitrogens is 2. The van der Waals surface area contributed by atoms with Gasteiger partial charge in [-0.2, -0.15) is 5.26 Å². The highest BCUT2D eigenvalue weighted by Gasteiger charge is 2.44. The van der Waals surface area contributed by atoms with Gasteiger partial charge in [-0.15, -0.1) is 0 Å². The molecule has 2 heterocycles. The smallest absolute Gasteiger partial charge is 0.257 e. The lowest BCUT2D eigenvalue weighted by Gasteiger charge is -2.41. The number of rotatable bonds is 7. The van der Waals surface area contributed by atoms with Crippen LogP contribution in [0.15, 0.2) is 30.5 Å². The first kappa shape index (κ1) is 25.0. The molecule has 1 aromatic carbocycles. The predicted molar refractivity (Wildman–Crippen MR) is 141 cm³/mol. The minimum Gasteiger partial charge on any atom is -0.369 e. The van der Waals surface area contributed by atoms with Crippen molar-refractivity contribution in [1.29, 1.82) is 5.26 Å². The van der Waals surface area contributed by atoms with E-state index in [1.54, 1.807) is 0 Å². The number of nitrogens with zero attached hydrogens (tertiary/aromatic N) is 4. The van der Waals surface area contributed by atoms with E-state index in [-0.39, 0.29) is 17.3 Å². The van der Waals surface area contributed by atoms with E-state index in [0.717, 1.165) is 44.5 Å². The normalized spacial score (nSPS) is 21.0. The van der Waals surface area contributed by atoms with Crippen LogP contribution in [0.4, 0.5) is 5.82 Å². The summed E-state index contributed by atoms with van der Waals surface area (Å²) in [7, 11) is 2.11. The van der Waals surface area contributed by atoms with E-state index in [2.05, 4.69) is 32.5 Å². The van der Waals surface area contributed by atoms with Crippen molar-refractivity contribution in [2.75, 3.05) is 32.0 Å². The van der Waals surface area contributed by atoms with E-state index in [0.29, 0.717) is 27.7 Å². The molecule has 2 N–H and O–H groups in total. The van der Waals surface area contributed by atoms with E-state index in [1.807, 2.05) is 30.3 Å². The first-order chi connectivity index (χ1) is 17.4. The summed E-state index contributed by atoms with van der Waals surface area (Å²) < 4.78 is 0. The van der Waals surface area contributed by atoms with Gasteiger partial charge in [0, 0.05) is 36.4 Å². The van der Waals surface area contributed by atoms with Gasteiger partial charge in [0.25, 0.3) is 5.91 Å². The fourth-order valence-electron chi connectivity index (χ4n) is 5.84. The average Bonchev–Trinajstić information content (AvgIpc) is 3.65. The summed E-state index contributed by atoms with van der Waals surface area (Å²) >= 11 is 6.10. The number of nitriles is 1. The van der Waals surface area contributed by atoms with Gasteiger partial charge in [-0.1, -0.05) is 23.7 Å². The molecule has 1 aliphatic heterocycles. The quantitative estimate of drug-likeness (QED) is 0.559. The molecule has 5 rings (SSSR count). The summed E-state index contributed by atoms with van der Waals surface area (Å²) in [6.07, 6.45) is 11.7. The molecule has 1 aromatic heterocycles. The molecule has 7 nitrogen and oxygen atoms in total. The Hall–Kier alpha value is -2.69. The highest BCUT2D eigenvalue weighted by molar-refractivity contribution is 6.30. The third-order valence-corrected chi connectivity index (χ3v) is 8.85. The van der Waals surface area contributed by atoms with Crippen LogP contribution < -0.4 is 10.6 Å². The standard InChI is InChI=1S/C28H35ClN6O/c1-35-14-12-28(13-15-35,16-20-2-4-22(29)5-3-20)34-26(36)23-19-31-24(17-30)33-25(23)32-18-21-6-8-27(9-7-21)10-11-27/h2-5,19,21H,6-16,18H2,1H3,(H,34,36)(H,31,32,33). The number of hydrogen-bond donors (Lipinski definition) is 2. The number of hydrogen-bond acceptors (Lipinski definition) is 6. The average molecular weight is 507 g/mol. The topological polar surface area (TPSA) is 93.9 Å². The number of likely N-dealkylation sites (tertiary alicyclic amines) is 1. The van der Waals surface area contributed by atoms with Gasteiger partial charge in [0.15, 0.2) is 0 Å². The molecule has 2 aromatic rings. The van der Waals surface area contributed by atoms with Gasteiger partial charge >= 0.3 is 0 Å². The number of benzene rings is 1. The summed E-state index contributed by atoms with van der Waals surface area (Å²) in [6.45, 7) is 2.58. The van der Waals surface area contributed by atoms with Gasteiger partial charge < -0.3 is 15.5 Å². The molecule has 2 saturated carbocycles. The van der Waals surface area contributed by atoms with E-state index in [4.69, 9.17) is 11.6 Å². The SMILES string of the molecule is CN1CCC(Cc2ccc(Cl)cc2)(NC(=O)c2cnc(C#N)nc2NCC2CCC3(CC2)CC3)CC1. The lowest BCUT2D eigenvalue weighted by molar-refractivity contribution is 0.0829. The molecular formula is C28H35ClN6O. The highest BCUT2D eigenvalue weighted by atomic mass is 35.5. The number of nitrogens with one attached hydrogen (secondary N) is 2. The van der Waals surface area contributed by atoms with Crippen molar-refractivity contribution in [1.82, 2.24) is 20.2 Å². The van der Waals surface area contributed by atoms with Crippen LogP contribution in [0.3, 0.4) is 0 Å². The van der Waals surface area contributed by atoms with E-state index in [1.165, 1.54) is 44.7 Å². The van der Waals surface area contributed by atoms with Crippen molar-refractivity contribution in [3.8, 4) is 6.07 Å². The number of carbonyl (C=O) groups excluding carboxylic acids is 1. The number of piperidine rings is 1. The maximum absolute atomic E-state index is 13.7. The summed E-state index contributed by atoms with van der Waals surface area (Å²) in [5, 5.41) is 16.8. The van der Waals surface area contributed by atoms with E-state index >= 15 is 0 Å². The Bertz CT molecular complexity index is 1120. The van der Waals surface area contributed by atoms with Gasteiger partial charge in [-0.25, -0.2) is 9.97 Å². The van der Waals surface area contributed by atoms with Gasteiger partial charge in [0.1, 0.15) is 17.5 Å². The third-order valence-electron chi connectivity index (χ3n) is 8.59. The Labute approximate surface area is 218 Å². The van der Waals surface area contributed by atoms with Crippen LogP contribution in [0.25, 0.3) is 0 Å². The maximum Gasteiger partial charge on any atom is 0.257 e. The molecule has 3 aliphatic rings. The highest BCUT2D eigenvalue weighted by Crippen LogP contribution is 2.57. The molecule has 0 atom stereocenters. The number of anilines is 1. The molecule has 1 saturated heterocycles. The monoisotopic (exact) mass is 506 g/mol.